The van der Waals surface area contributed by atoms with E-state index in [-0.39, 0.29) is 11.5 Å². The molecule has 24 heavy (non-hydrogen) atoms. The molecular weight excluding hydrogens is 298 g/mol. The van der Waals surface area contributed by atoms with Crippen molar-refractivity contribution in [2.75, 3.05) is 0 Å². The molecule has 0 radical (unpaired) electrons. The Hall–Kier alpha value is -2.47. The Labute approximate surface area is 142 Å². The van der Waals surface area contributed by atoms with Gasteiger partial charge in [-0.15, -0.1) is 0 Å². The lowest BCUT2D eigenvalue weighted by Crippen LogP contribution is -2.31. The van der Waals surface area contributed by atoms with Crippen molar-refractivity contribution in [3.63, 3.8) is 0 Å². The van der Waals surface area contributed by atoms with Crippen LogP contribution in [0.4, 0.5) is 0 Å². The molecule has 0 heterocycles. The first-order chi connectivity index (χ1) is 11.7. The second-order valence-corrected chi connectivity index (χ2v) is 7.13. The Balaban J connectivity index is 1.84. The van der Waals surface area contributed by atoms with Gasteiger partial charge in [0.2, 0.25) is 0 Å². The summed E-state index contributed by atoms with van der Waals surface area (Å²) in [5.74, 6) is 1.83. The van der Waals surface area contributed by atoms with E-state index in [0.29, 0.717) is 23.3 Å². The molecular formula is C21H21NO2. The lowest BCUT2D eigenvalue weighted by Gasteiger charge is -2.43. The van der Waals surface area contributed by atoms with Gasteiger partial charge in [0.25, 0.3) is 0 Å². The third kappa shape index (κ3) is 2.43. The Bertz CT molecular complexity index is 804. The van der Waals surface area contributed by atoms with Crippen LogP contribution in [0.2, 0.25) is 0 Å². The average Bonchev–Trinajstić information content (AvgIpc) is 2.61. The largest absolute Gasteiger partial charge is 0.508 e. The molecule has 0 bridgehead atoms. The number of hydrogen-bond acceptors (Lipinski definition) is 3. The third-order valence-corrected chi connectivity index (χ3v) is 5.87. The summed E-state index contributed by atoms with van der Waals surface area (Å²) in [5.41, 5.74) is 4.15. The lowest BCUT2D eigenvalue weighted by atomic mass is 9.61. The van der Waals surface area contributed by atoms with E-state index in [1.54, 1.807) is 18.2 Å². The molecule has 3 heteroatoms. The van der Waals surface area contributed by atoms with Crippen molar-refractivity contribution in [1.29, 1.82) is 5.26 Å². The van der Waals surface area contributed by atoms with Crippen molar-refractivity contribution in [2.45, 2.75) is 43.9 Å². The van der Waals surface area contributed by atoms with Gasteiger partial charge in [0.15, 0.2) is 0 Å². The maximum atomic E-state index is 10.0. The van der Waals surface area contributed by atoms with Crippen LogP contribution in [0.1, 0.15) is 59.8 Å². The SMILES string of the molecule is N#Cc1cc(O)cc2c1C[C@@H](c1ccc(O)cc1)[C@H]1CCCC[C@@H]21. The monoisotopic (exact) mass is 319 g/mol. The van der Waals surface area contributed by atoms with Crippen LogP contribution < -0.4 is 0 Å². The minimum atomic E-state index is 0.206. The number of nitrogens with zero attached hydrogens (tertiary/aromatic N) is 1. The normalized spacial score (nSPS) is 25.4. The van der Waals surface area contributed by atoms with E-state index in [4.69, 9.17) is 0 Å². The van der Waals surface area contributed by atoms with Crippen LogP contribution in [0.3, 0.4) is 0 Å². The first-order valence-electron chi connectivity index (χ1n) is 8.72. The van der Waals surface area contributed by atoms with Gasteiger partial charge in [0.05, 0.1) is 11.6 Å². The molecule has 2 aliphatic rings. The highest BCUT2D eigenvalue weighted by molar-refractivity contribution is 5.52. The number of rotatable bonds is 1. The molecule has 2 N–H and O–H groups in total. The number of benzene rings is 2. The summed E-state index contributed by atoms with van der Waals surface area (Å²) in [6.07, 6.45) is 5.60. The third-order valence-electron chi connectivity index (χ3n) is 5.87. The molecule has 0 unspecified atom stereocenters. The van der Waals surface area contributed by atoms with Crippen molar-refractivity contribution in [1.82, 2.24) is 0 Å². The molecule has 3 atom stereocenters. The van der Waals surface area contributed by atoms with Gasteiger partial charge in [-0.05, 0) is 78.0 Å². The Morgan fingerprint density at radius 2 is 1.67 bits per heavy atom. The summed E-state index contributed by atoms with van der Waals surface area (Å²) in [5, 5.41) is 29.1. The highest BCUT2D eigenvalue weighted by Crippen LogP contribution is 2.52. The number of phenols is 2. The quantitative estimate of drug-likeness (QED) is 0.808. The fourth-order valence-corrected chi connectivity index (χ4v) is 4.82. The van der Waals surface area contributed by atoms with Crippen molar-refractivity contribution in [3.05, 3.63) is 58.7 Å². The smallest absolute Gasteiger partial charge is 0.117 e. The summed E-state index contributed by atoms with van der Waals surface area (Å²) in [7, 11) is 0. The summed E-state index contributed by atoms with van der Waals surface area (Å²) in [6, 6.07) is 13.3. The van der Waals surface area contributed by atoms with Crippen molar-refractivity contribution in [2.24, 2.45) is 5.92 Å². The van der Waals surface area contributed by atoms with Crippen LogP contribution in [0.5, 0.6) is 11.5 Å². The number of hydrogen-bond donors (Lipinski definition) is 2. The summed E-state index contributed by atoms with van der Waals surface area (Å²) < 4.78 is 0. The van der Waals surface area contributed by atoms with Gasteiger partial charge in [-0.3, -0.25) is 0 Å². The van der Waals surface area contributed by atoms with Gasteiger partial charge in [0.1, 0.15) is 11.5 Å². The lowest BCUT2D eigenvalue weighted by molar-refractivity contribution is 0.242. The highest BCUT2D eigenvalue weighted by Gasteiger charge is 2.39. The molecule has 0 aromatic heterocycles. The van der Waals surface area contributed by atoms with Crippen LogP contribution in [-0.2, 0) is 6.42 Å². The van der Waals surface area contributed by atoms with Gasteiger partial charge in [-0.1, -0.05) is 25.0 Å². The van der Waals surface area contributed by atoms with E-state index in [2.05, 4.69) is 6.07 Å². The molecule has 3 nitrogen and oxygen atoms in total. The molecule has 2 aliphatic carbocycles. The number of phenolic OH excluding ortho intramolecular Hbond substituents is 2. The predicted octanol–water partition coefficient (Wildman–Crippen LogP) is 4.58. The minimum Gasteiger partial charge on any atom is -0.508 e. The Morgan fingerprint density at radius 3 is 2.42 bits per heavy atom. The van der Waals surface area contributed by atoms with E-state index >= 15 is 0 Å². The molecule has 0 saturated heterocycles. The van der Waals surface area contributed by atoms with Gasteiger partial charge in [0, 0.05) is 0 Å². The minimum absolute atomic E-state index is 0.206. The summed E-state index contributed by atoms with van der Waals surface area (Å²) in [4.78, 5) is 0. The van der Waals surface area contributed by atoms with Crippen molar-refractivity contribution in [3.8, 4) is 17.6 Å². The first kappa shape index (κ1) is 15.1. The van der Waals surface area contributed by atoms with Crippen LogP contribution >= 0.6 is 0 Å². The van der Waals surface area contributed by atoms with E-state index in [1.807, 2.05) is 18.2 Å². The van der Waals surface area contributed by atoms with Gasteiger partial charge in [-0.25, -0.2) is 0 Å². The molecule has 0 amide bonds. The first-order valence-corrected chi connectivity index (χ1v) is 8.72. The molecule has 2 aromatic rings. The zero-order valence-electron chi connectivity index (χ0n) is 13.6. The second kappa shape index (κ2) is 5.87. The van der Waals surface area contributed by atoms with Crippen LogP contribution in [0, 0.1) is 17.2 Å². The molecule has 122 valence electrons. The summed E-state index contributed by atoms with van der Waals surface area (Å²) in [6.45, 7) is 0. The zero-order valence-corrected chi connectivity index (χ0v) is 13.6. The Kier molecular flexibility index (Phi) is 3.69. The second-order valence-electron chi connectivity index (χ2n) is 7.13. The predicted molar refractivity (Wildman–Crippen MR) is 92.1 cm³/mol. The van der Waals surface area contributed by atoms with E-state index < -0.39 is 0 Å². The fraction of sp³-hybridized carbons (Fsp3) is 0.381. The maximum Gasteiger partial charge on any atom is 0.117 e. The van der Waals surface area contributed by atoms with Crippen LogP contribution in [-0.4, -0.2) is 10.2 Å². The fourth-order valence-electron chi connectivity index (χ4n) is 4.82. The van der Waals surface area contributed by atoms with E-state index in [9.17, 15) is 15.5 Å². The van der Waals surface area contributed by atoms with Gasteiger partial charge in [-0.2, -0.15) is 5.26 Å². The summed E-state index contributed by atoms with van der Waals surface area (Å²) >= 11 is 0. The average molecular weight is 319 g/mol. The highest BCUT2D eigenvalue weighted by atomic mass is 16.3. The Morgan fingerprint density at radius 1 is 0.917 bits per heavy atom. The topological polar surface area (TPSA) is 64.2 Å². The standard InChI is InChI=1S/C21H21NO2/c22-12-14-9-16(24)10-21-18-4-2-1-3-17(18)19(11-20(14)21)13-5-7-15(23)8-6-13/h5-10,17-19,23-24H,1-4,11H2/t17-,18+,19-/m0/s1. The van der Waals surface area contributed by atoms with E-state index in [1.165, 1.54) is 30.4 Å². The molecule has 1 fully saturated rings. The molecule has 0 aliphatic heterocycles. The molecule has 2 aromatic carbocycles. The van der Waals surface area contributed by atoms with E-state index in [0.717, 1.165) is 18.4 Å². The van der Waals surface area contributed by atoms with Crippen LogP contribution in [0.15, 0.2) is 36.4 Å². The zero-order chi connectivity index (χ0) is 16.7. The number of fused-ring (bicyclic) bond motifs is 3. The van der Waals surface area contributed by atoms with Crippen molar-refractivity contribution < 1.29 is 10.2 Å². The number of nitriles is 1. The maximum absolute atomic E-state index is 10.0. The number of aromatic hydroxyl groups is 2. The van der Waals surface area contributed by atoms with Crippen LogP contribution in [0.25, 0.3) is 0 Å². The molecule has 0 spiro atoms. The van der Waals surface area contributed by atoms with Gasteiger partial charge < -0.3 is 10.2 Å². The van der Waals surface area contributed by atoms with Gasteiger partial charge >= 0.3 is 0 Å². The van der Waals surface area contributed by atoms with Crippen molar-refractivity contribution >= 4 is 0 Å². The molecule has 1 saturated carbocycles. The molecule has 4 rings (SSSR count).